The van der Waals surface area contributed by atoms with E-state index in [2.05, 4.69) is 14.7 Å². The summed E-state index contributed by atoms with van der Waals surface area (Å²) in [6, 6.07) is 2.95. The zero-order valence-corrected chi connectivity index (χ0v) is 10.2. The van der Waals surface area contributed by atoms with Gasteiger partial charge in [-0.2, -0.15) is 22.5 Å². The molecule has 0 bridgehead atoms. The summed E-state index contributed by atoms with van der Waals surface area (Å²) in [6.45, 7) is 0. The van der Waals surface area contributed by atoms with E-state index in [9.17, 15) is 22.4 Å². The van der Waals surface area contributed by atoms with E-state index in [0.717, 1.165) is 18.2 Å². The van der Waals surface area contributed by atoms with Gasteiger partial charge in [-0.15, -0.1) is 0 Å². The van der Waals surface area contributed by atoms with Gasteiger partial charge in [0.05, 0.1) is 11.3 Å². The number of carboxylic acids is 1. The highest BCUT2D eigenvalue weighted by atomic mass is 32.1. The van der Waals surface area contributed by atoms with Crippen LogP contribution in [0.15, 0.2) is 18.2 Å². The highest BCUT2D eigenvalue weighted by Gasteiger charge is 2.36. The largest absolute Gasteiger partial charge is 0.478 e. The number of carboxylic acid groups (broad SMARTS) is 1. The molecule has 2 N–H and O–H groups in total. The van der Waals surface area contributed by atoms with Crippen LogP contribution in [0.3, 0.4) is 0 Å². The van der Waals surface area contributed by atoms with E-state index in [-0.39, 0.29) is 16.4 Å². The molecule has 20 heavy (non-hydrogen) atoms. The number of benzene rings is 1. The predicted octanol–water partition coefficient (Wildman–Crippen LogP) is 3.14. The SMILES string of the molecule is O=C(O)c1ccc(Nc2nc(C(F)(F)F)ns2)c(F)c1. The Hall–Kier alpha value is -2.23. The molecule has 106 valence electrons. The summed E-state index contributed by atoms with van der Waals surface area (Å²) < 4.78 is 53.5. The quantitative estimate of drug-likeness (QED) is 0.852. The van der Waals surface area contributed by atoms with Gasteiger partial charge in [-0.25, -0.2) is 9.18 Å². The molecule has 0 saturated carbocycles. The molecular formula is C10H5F4N3O2S. The molecule has 0 amide bonds. The number of alkyl halides is 3. The maximum Gasteiger partial charge on any atom is 0.452 e. The minimum absolute atomic E-state index is 0.195. The molecule has 1 aromatic carbocycles. The Bertz CT molecular complexity index is 656. The van der Waals surface area contributed by atoms with Crippen LogP contribution in [0.2, 0.25) is 0 Å². The lowest BCUT2D eigenvalue weighted by Crippen LogP contribution is -2.07. The van der Waals surface area contributed by atoms with Gasteiger partial charge in [0.25, 0.3) is 0 Å². The van der Waals surface area contributed by atoms with Crippen molar-refractivity contribution in [1.29, 1.82) is 0 Å². The molecule has 2 aromatic rings. The fraction of sp³-hybridized carbons (Fsp3) is 0.100. The number of nitrogens with one attached hydrogen (secondary N) is 1. The molecular weight excluding hydrogens is 302 g/mol. The molecule has 5 nitrogen and oxygen atoms in total. The summed E-state index contributed by atoms with van der Waals surface area (Å²) >= 11 is 0.415. The van der Waals surface area contributed by atoms with Crippen LogP contribution in [-0.4, -0.2) is 20.4 Å². The third-order valence-electron chi connectivity index (χ3n) is 2.14. The molecule has 0 saturated heterocycles. The van der Waals surface area contributed by atoms with Crippen LogP contribution in [0.4, 0.5) is 28.4 Å². The van der Waals surface area contributed by atoms with Crippen molar-refractivity contribution < 1.29 is 27.5 Å². The molecule has 0 unspecified atom stereocenters. The van der Waals surface area contributed by atoms with Gasteiger partial charge in [-0.3, -0.25) is 0 Å². The summed E-state index contributed by atoms with van der Waals surface area (Å²) in [5, 5.41) is 10.7. The molecule has 0 aliphatic rings. The van der Waals surface area contributed by atoms with Gasteiger partial charge in [-0.1, -0.05) is 0 Å². The molecule has 0 atom stereocenters. The standard InChI is InChI=1S/C10H5F4N3O2S/c11-5-3-4(7(18)19)1-2-6(5)15-9-16-8(17-20-9)10(12,13)14/h1-3H,(H,18,19)(H,15,16,17). The number of nitrogens with zero attached hydrogens (tertiary/aromatic N) is 2. The van der Waals surface area contributed by atoms with Crippen molar-refractivity contribution in [2.45, 2.75) is 6.18 Å². The van der Waals surface area contributed by atoms with Crippen LogP contribution in [0.25, 0.3) is 0 Å². The minimum Gasteiger partial charge on any atom is -0.478 e. The van der Waals surface area contributed by atoms with Gasteiger partial charge in [0.15, 0.2) is 0 Å². The number of hydrogen-bond donors (Lipinski definition) is 2. The number of aromatic carboxylic acids is 1. The Morgan fingerprint density at radius 2 is 2.05 bits per heavy atom. The van der Waals surface area contributed by atoms with E-state index in [4.69, 9.17) is 5.11 Å². The van der Waals surface area contributed by atoms with Gasteiger partial charge in [0.1, 0.15) is 5.82 Å². The molecule has 1 aromatic heterocycles. The molecule has 2 rings (SSSR count). The average Bonchev–Trinajstić information content (AvgIpc) is 2.80. The van der Waals surface area contributed by atoms with Crippen molar-refractivity contribution in [1.82, 2.24) is 9.36 Å². The van der Waals surface area contributed by atoms with Crippen LogP contribution in [0.5, 0.6) is 0 Å². The van der Waals surface area contributed by atoms with Crippen molar-refractivity contribution >= 4 is 28.3 Å². The summed E-state index contributed by atoms with van der Waals surface area (Å²) in [6.07, 6.45) is -4.68. The first kappa shape index (κ1) is 14.2. The van der Waals surface area contributed by atoms with E-state index in [1.54, 1.807) is 0 Å². The summed E-state index contributed by atoms with van der Waals surface area (Å²) in [7, 11) is 0. The zero-order valence-electron chi connectivity index (χ0n) is 9.40. The van der Waals surface area contributed by atoms with Crippen molar-refractivity contribution in [2.75, 3.05) is 5.32 Å². The Morgan fingerprint density at radius 1 is 1.35 bits per heavy atom. The summed E-state index contributed by atoms with van der Waals surface area (Å²) in [4.78, 5) is 13.8. The topological polar surface area (TPSA) is 75.1 Å². The van der Waals surface area contributed by atoms with Crippen LogP contribution in [-0.2, 0) is 6.18 Å². The van der Waals surface area contributed by atoms with E-state index in [1.165, 1.54) is 0 Å². The fourth-order valence-corrected chi connectivity index (χ4v) is 1.85. The lowest BCUT2D eigenvalue weighted by Gasteiger charge is -2.04. The van der Waals surface area contributed by atoms with E-state index < -0.39 is 23.8 Å². The van der Waals surface area contributed by atoms with Crippen LogP contribution in [0, 0.1) is 5.82 Å². The summed E-state index contributed by atoms with van der Waals surface area (Å²) in [5.74, 6) is -3.56. The van der Waals surface area contributed by atoms with Crippen molar-refractivity contribution in [3.05, 3.63) is 35.4 Å². The molecule has 0 fully saturated rings. The number of anilines is 2. The van der Waals surface area contributed by atoms with Gasteiger partial charge >= 0.3 is 12.1 Å². The van der Waals surface area contributed by atoms with Gasteiger partial charge in [0, 0.05) is 11.5 Å². The van der Waals surface area contributed by atoms with Gasteiger partial charge < -0.3 is 10.4 Å². The Morgan fingerprint density at radius 3 is 2.55 bits per heavy atom. The number of aromatic nitrogens is 2. The second-order valence-corrected chi connectivity index (χ2v) is 4.30. The molecule has 1 heterocycles. The lowest BCUT2D eigenvalue weighted by atomic mass is 10.2. The zero-order chi connectivity index (χ0) is 14.9. The third-order valence-corrected chi connectivity index (χ3v) is 2.77. The monoisotopic (exact) mass is 307 g/mol. The molecule has 0 aliphatic heterocycles. The Kier molecular flexibility index (Phi) is 3.57. The number of rotatable bonds is 3. The summed E-state index contributed by atoms with van der Waals surface area (Å²) in [5.41, 5.74) is -0.471. The van der Waals surface area contributed by atoms with Gasteiger partial charge in [0.2, 0.25) is 11.0 Å². The normalized spacial score (nSPS) is 11.4. The highest BCUT2D eigenvalue weighted by Crippen LogP contribution is 2.30. The Balaban J connectivity index is 2.22. The number of halogens is 4. The second kappa shape index (κ2) is 5.04. The average molecular weight is 307 g/mol. The van der Waals surface area contributed by atoms with Crippen molar-refractivity contribution in [3.63, 3.8) is 0 Å². The minimum atomic E-state index is -4.68. The molecule has 0 aliphatic carbocycles. The van der Waals surface area contributed by atoms with Crippen LogP contribution in [0.1, 0.15) is 16.2 Å². The van der Waals surface area contributed by atoms with E-state index in [0.29, 0.717) is 11.5 Å². The smallest absolute Gasteiger partial charge is 0.452 e. The van der Waals surface area contributed by atoms with E-state index >= 15 is 0 Å². The molecule has 0 radical (unpaired) electrons. The number of hydrogen-bond acceptors (Lipinski definition) is 5. The molecule has 10 heteroatoms. The van der Waals surface area contributed by atoms with E-state index in [1.807, 2.05) is 0 Å². The predicted molar refractivity (Wildman–Crippen MR) is 61.6 cm³/mol. The highest BCUT2D eigenvalue weighted by molar-refractivity contribution is 7.09. The number of carbonyl (C=O) groups is 1. The maximum atomic E-state index is 13.5. The first-order valence-corrected chi connectivity index (χ1v) is 5.75. The second-order valence-electron chi connectivity index (χ2n) is 3.55. The maximum absolute atomic E-state index is 13.5. The third kappa shape index (κ3) is 3.02. The van der Waals surface area contributed by atoms with Gasteiger partial charge in [-0.05, 0) is 18.2 Å². The first-order chi connectivity index (χ1) is 9.27. The fourth-order valence-electron chi connectivity index (χ4n) is 1.25. The van der Waals surface area contributed by atoms with Crippen LogP contribution >= 0.6 is 11.5 Å². The lowest BCUT2D eigenvalue weighted by molar-refractivity contribution is -0.144. The Labute approximate surface area is 113 Å². The van der Waals surface area contributed by atoms with Crippen LogP contribution < -0.4 is 5.32 Å². The van der Waals surface area contributed by atoms with Crippen molar-refractivity contribution in [2.24, 2.45) is 0 Å². The molecule has 0 spiro atoms. The van der Waals surface area contributed by atoms with Crippen molar-refractivity contribution in [3.8, 4) is 0 Å². The first-order valence-electron chi connectivity index (χ1n) is 4.98.